The van der Waals surface area contributed by atoms with Crippen LogP contribution < -0.4 is 4.72 Å². The van der Waals surface area contributed by atoms with Gasteiger partial charge in [-0.25, -0.2) is 13.1 Å². The second kappa shape index (κ2) is 14.1. The molecule has 0 bridgehead atoms. The van der Waals surface area contributed by atoms with Crippen molar-refractivity contribution >= 4 is 15.8 Å². The van der Waals surface area contributed by atoms with E-state index in [9.17, 15) is 13.2 Å². The summed E-state index contributed by atoms with van der Waals surface area (Å²) in [6.45, 7) is 3.18. The van der Waals surface area contributed by atoms with Gasteiger partial charge in [0.2, 0.25) is 10.0 Å². The van der Waals surface area contributed by atoms with Gasteiger partial charge >= 0.3 is 0 Å². The average Bonchev–Trinajstić information content (AvgIpc) is 3.01. The SMILES string of the molecule is Cc1ccc(S(=O)(=O)NC(C2CCCCC2=O)C(Cc2ccccc2)N(Cc2ccccc2)Cc2ccccc2)cc1. The minimum Gasteiger partial charge on any atom is -0.299 e. The van der Waals surface area contributed by atoms with Crippen molar-refractivity contribution < 1.29 is 13.2 Å². The Balaban J connectivity index is 1.61. The van der Waals surface area contributed by atoms with Crippen molar-refractivity contribution in [3.8, 4) is 0 Å². The number of nitrogens with one attached hydrogen (secondary N) is 1. The third kappa shape index (κ3) is 7.82. The molecule has 218 valence electrons. The van der Waals surface area contributed by atoms with Gasteiger partial charge in [0, 0.05) is 37.5 Å². The van der Waals surface area contributed by atoms with Gasteiger partial charge in [-0.05, 0) is 55.0 Å². The van der Waals surface area contributed by atoms with Crippen molar-refractivity contribution in [2.24, 2.45) is 5.92 Å². The molecule has 0 aliphatic heterocycles. The molecular weight excluding hydrogens is 540 g/mol. The number of nitrogens with zero attached hydrogens (tertiary/aromatic N) is 1. The van der Waals surface area contributed by atoms with Crippen LogP contribution in [0.15, 0.2) is 120 Å². The molecule has 1 aliphatic carbocycles. The van der Waals surface area contributed by atoms with E-state index in [1.54, 1.807) is 12.1 Å². The Kier molecular flexibility index (Phi) is 10.0. The van der Waals surface area contributed by atoms with E-state index < -0.39 is 22.0 Å². The minimum absolute atomic E-state index is 0.148. The molecule has 0 amide bonds. The topological polar surface area (TPSA) is 66.5 Å². The summed E-state index contributed by atoms with van der Waals surface area (Å²) >= 11 is 0. The molecule has 0 aromatic heterocycles. The lowest BCUT2D eigenvalue weighted by molar-refractivity contribution is -0.126. The first-order valence-corrected chi connectivity index (χ1v) is 16.3. The van der Waals surface area contributed by atoms with E-state index in [-0.39, 0.29) is 16.7 Å². The molecule has 0 heterocycles. The Morgan fingerprint density at radius 1 is 0.738 bits per heavy atom. The van der Waals surface area contributed by atoms with E-state index in [0.717, 1.165) is 35.1 Å². The number of Topliss-reactive ketones (excluding diaryl/α,β-unsaturated/α-hetero) is 1. The highest BCUT2D eigenvalue weighted by Gasteiger charge is 2.40. The van der Waals surface area contributed by atoms with Crippen molar-refractivity contribution in [3.05, 3.63) is 138 Å². The smallest absolute Gasteiger partial charge is 0.240 e. The summed E-state index contributed by atoms with van der Waals surface area (Å²) in [5, 5.41) is 0. The van der Waals surface area contributed by atoms with Crippen molar-refractivity contribution in [2.75, 3.05) is 0 Å². The van der Waals surface area contributed by atoms with E-state index in [1.165, 1.54) is 0 Å². The van der Waals surface area contributed by atoms with Crippen LogP contribution in [0.4, 0.5) is 0 Å². The van der Waals surface area contributed by atoms with Crippen molar-refractivity contribution in [3.63, 3.8) is 0 Å². The fraction of sp³-hybridized carbons (Fsp3) is 0.306. The summed E-state index contributed by atoms with van der Waals surface area (Å²) in [4.78, 5) is 16.1. The van der Waals surface area contributed by atoms with E-state index in [2.05, 4.69) is 46.0 Å². The Morgan fingerprint density at radius 3 is 1.79 bits per heavy atom. The standard InChI is InChI=1S/C36H40N2O3S/c1-28-21-23-32(24-22-28)42(40,41)37-36(33-19-11-12-20-35(33)39)34(25-29-13-5-2-6-14-29)38(26-30-15-7-3-8-16-30)27-31-17-9-4-10-18-31/h2-10,13-18,21-24,33-34,36-37H,11-12,19-20,25-27H2,1H3. The number of sulfonamides is 1. The van der Waals surface area contributed by atoms with E-state index >= 15 is 0 Å². The third-order valence-corrected chi connectivity index (χ3v) is 9.76. The molecule has 42 heavy (non-hydrogen) atoms. The van der Waals surface area contributed by atoms with Gasteiger partial charge < -0.3 is 0 Å². The Labute approximate surface area is 250 Å². The lowest BCUT2D eigenvalue weighted by Gasteiger charge is -2.42. The zero-order chi connectivity index (χ0) is 29.4. The Hall–Kier alpha value is -3.58. The molecule has 3 unspecified atom stereocenters. The third-order valence-electron chi connectivity index (χ3n) is 8.29. The summed E-state index contributed by atoms with van der Waals surface area (Å²) < 4.78 is 31.0. The first kappa shape index (κ1) is 29.9. The average molecular weight is 581 g/mol. The van der Waals surface area contributed by atoms with Crippen LogP contribution in [0.2, 0.25) is 0 Å². The highest BCUT2D eigenvalue weighted by molar-refractivity contribution is 7.89. The van der Waals surface area contributed by atoms with Gasteiger partial charge in [0.1, 0.15) is 5.78 Å². The van der Waals surface area contributed by atoms with Crippen LogP contribution in [0, 0.1) is 12.8 Å². The number of benzene rings is 4. The number of aryl methyl sites for hydroxylation is 1. The van der Waals surface area contributed by atoms with E-state index in [4.69, 9.17) is 0 Å². The summed E-state index contributed by atoms with van der Waals surface area (Å²) in [5.41, 5.74) is 4.38. The molecule has 5 nitrogen and oxygen atoms in total. The molecule has 1 aliphatic rings. The summed E-state index contributed by atoms with van der Waals surface area (Å²) in [6, 6.07) is 36.8. The predicted octanol–water partition coefficient (Wildman–Crippen LogP) is 6.71. The number of rotatable bonds is 12. The second-order valence-electron chi connectivity index (χ2n) is 11.4. The molecule has 1 saturated carbocycles. The molecule has 5 rings (SSSR count). The van der Waals surface area contributed by atoms with Crippen LogP contribution in [-0.2, 0) is 34.3 Å². The van der Waals surface area contributed by atoms with Crippen LogP contribution in [0.25, 0.3) is 0 Å². The zero-order valence-electron chi connectivity index (χ0n) is 24.2. The van der Waals surface area contributed by atoms with Gasteiger partial charge in [-0.2, -0.15) is 0 Å². The van der Waals surface area contributed by atoms with E-state index in [0.29, 0.717) is 32.4 Å². The first-order valence-electron chi connectivity index (χ1n) is 14.9. The van der Waals surface area contributed by atoms with Crippen LogP contribution in [-0.4, -0.2) is 31.2 Å². The monoisotopic (exact) mass is 580 g/mol. The Morgan fingerprint density at radius 2 is 1.26 bits per heavy atom. The van der Waals surface area contributed by atoms with Gasteiger partial charge in [0.15, 0.2) is 0 Å². The van der Waals surface area contributed by atoms with Crippen LogP contribution >= 0.6 is 0 Å². The highest BCUT2D eigenvalue weighted by Crippen LogP contribution is 2.31. The highest BCUT2D eigenvalue weighted by atomic mass is 32.2. The number of hydrogen-bond acceptors (Lipinski definition) is 4. The predicted molar refractivity (Wildman–Crippen MR) is 168 cm³/mol. The van der Waals surface area contributed by atoms with Gasteiger partial charge in [-0.3, -0.25) is 9.69 Å². The lowest BCUT2D eigenvalue weighted by atomic mass is 9.78. The maximum Gasteiger partial charge on any atom is 0.240 e. The summed E-state index contributed by atoms with van der Waals surface area (Å²) in [7, 11) is -3.89. The number of carbonyl (C=O) groups is 1. The first-order chi connectivity index (χ1) is 20.4. The van der Waals surface area contributed by atoms with Crippen molar-refractivity contribution in [1.29, 1.82) is 0 Å². The fourth-order valence-electron chi connectivity index (χ4n) is 6.05. The number of ketones is 1. The molecule has 1 N–H and O–H groups in total. The minimum atomic E-state index is -3.89. The normalized spacial score (nSPS) is 17.2. The molecule has 4 aromatic rings. The van der Waals surface area contributed by atoms with Gasteiger partial charge in [-0.1, -0.05) is 115 Å². The molecule has 6 heteroatoms. The fourth-order valence-corrected chi connectivity index (χ4v) is 7.36. The quantitative estimate of drug-likeness (QED) is 0.202. The Bertz CT molecular complexity index is 1480. The summed E-state index contributed by atoms with van der Waals surface area (Å²) in [5.74, 6) is -0.253. The summed E-state index contributed by atoms with van der Waals surface area (Å²) in [6.07, 6.45) is 3.53. The lowest BCUT2D eigenvalue weighted by Crippen LogP contribution is -2.57. The number of carbonyl (C=O) groups excluding carboxylic acids is 1. The maximum atomic E-state index is 14.0. The van der Waals surface area contributed by atoms with Gasteiger partial charge in [0.05, 0.1) is 4.90 Å². The molecule has 0 spiro atoms. The zero-order valence-corrected chi connectivity index (χ0v) is 25.0. The van der Waals surface area contributed by atoms with E-state index in [1.807, 2.05) is 73.7 Å². The molecule has 4 aromatic carbocycles. The van der Waals surface area contributed by atoms with Crippen LogP contribution in [0.3, 0.4) is 0 Å². The largest absolute Gasteiger partial charge is 0.299 e. The van der Waals surface area contributed by atoms with Crippen molar-refractivity contribution in [1.82, 2.24) is 9.62 Å². The maximum absolute atomic E-state index is 14.0. The second-order valence-corrected chi connectivity index (χ2v) is 13.1. The molecule has 1 fully saturated rings. The number of hydrogen-bond donors (Lipinski definition) is 1. The van der Waals surface area contributed by atoms with Crippen LogP contribution in [0.1, 0.15) is 47.9 Å². The molecule has 0 saturated heterocycles. The molecule has 3 atom stereocenters. The van der Waals surface area contributed by atoms with Crippen LogP contribution in [0.5, 0.6) is 0 Å². The van der Waals surface area contributed by atoms with Gasteiger partial charge in [-0.15, -0.1) is 0 Å². The molecular formula is C36H40N2O3S. The molecule has 0 radical (unpaired) electrons. The van der Waals surface area contributed by atoms with Crippen molar-refractivity contribution in [2.45, 2.75) is 69.1 Å². The van der Waals surface area contributed by atoms with Gasteiger partial charge in [0.25, 0.3) is 0 Å².